The molecule has 1 aromatic heterocycles. The number of hydrogen-bond acceptors (Lipinski definition) is 3. The highest BCUT2D eigenvalue weighted by Crippen LogP contribution is 2.39. The van der Waals surface area contributed by atoms with Crippen LogP contribution in [-0.4, -0.2) is 24.5 Å². The summed E-state index contributed by atoms with van der Waals surface area (Å²) in [6, 6.07) is 1.40. The summed E-state index contributed by atoms with van der Waals surface area (Å²) in [6.07, 6.45) is 4.87. The van der Waals surface area contributed by atoms with Gasteiger partial charge in [0.2, 0.25) is 0 Å². The highest BCUT2D eigenvalue weighted by Gasteiger charge is 2.32. The van der Waals surface area contributed by atoms with Crippen LogP contribution in [0.15, 0.2) is 12.3 Å². The van der Waals surface area contributed by atoms with Crippen molar-refractivity contribution in [1.82, 2.24) is 10.3 Å². The second-order valence-electron chi connectivity index (χ2n) is 5.12. The van der Waals surface area contributed by atoms with Gasteiger partial charge >= 0.3 is 0 Å². The maximum absolute atomic E-state index is 13.9. The molecular formula is C13H18FN3O. The third-order valence-electron chi connectivity index (χ3n) is 3.61. The fraction of sp³-hybridized carbons (Fsp3) is 0.538. The number of nitrogens with zero attached hydrogens (tertiary/aromatic N) is 1. The van der Waals surface area contributed by atoms with Crippen LogP contribution in [-0.2, 0) is 0 Å². The van der Waals surface area contributed by atoms with Crippen molar-refractivity contribution < 1.29 is 9.18 Å². The number of nitrogens with one attached hydrogen (secondary N) is 2. The zero-order valence-corrected chi connectivity index (χ0v) is 10.7. The van der Waals surface area contributed by atoms with E-state index in [0.717, 1.165) is 12.8 Å². The second-order valence-corrected chi connectivity index (χ2v) is 5.12. The summed E-state index contributed by atoms with van der Waals surface area (Å²) in [5, 5.41) is 5.42. The van der Waals surface area contributed by atoms with Crippen molar-refractivity contribution in [3.05, 3.63) is 23.6 Å². The molecule has 0 aromatic carbocycles. The van der Waals surface area contributed by atoms with Gasteiger partial charge in [-0.05, 0) is 24.3 Å². The van der Waals surface area contributed by atoms with Crippen molar-refractivity contribution in [2.75, 3.05) is 18.9 Å². The van der Waals surface area contributed by atoms with E-state index in [4.69, 9.17) is 0 Å². The van der Waals surface area contributed by atoms with Crippen LogP contribution >= 0.6 is 0 Å². The largest absolute Gasteiger partial charge is 0.371 e. The fourth-order valence-corrected chi connectivity index (χ4v) is 2.14. The molecule has 5 heteroatoms. The lowest BCUT2D eigenvalue weighted by Crippen LogP contribution is -2.40. The minimum atomic E-state index is -0.601. The number of anilines is 1. The molecule has 0 unspecified atom stereocenters. The number of pyridine rings is 1. The zero-order valence-electron chi connectivity index (χ0n) is 10.7. The summed E-state index contributed by atoms with van der Waals surface area (Å²) in [7, 11) is 1.57. The van der Waals surface area contributed by atoms with Gasteiger partial charge in [-0.15, -0.1) is 0 Å². The Morgan fingerprint density at radius 1 is 1.56 bits per heavy atom. The lowest BCUT2D eigenvalue weighted by Gasteiger charge is -2.38. The number of aromatic nitrogens is 1. The van der Waals surface area contributed by atoms with Crippen LogP contribution in [0.25, 0.3) is 0 Å². The summed E-state index contributed by atoms with van der Waals surface area (Å²) >= 11 is 0. The van der Waals surface area contributed by atoms with Gasteiger partial charge in [0.1, 0.15) is 0 Å². The Balaban J connectivity index is 2.04. The van der Waals surface area contributed by atoms with Crippen molar-refractivity contribution in [2.24, 2.45) is 5.41 Å². The number of carbonyl (C=O) groups is 1. The first-order chi connectivity index (χ1) is 8.56. The van der Waals surface area contributed by atoms with E-state index in [1.165, 1.54) is 18.7 Å². The number of amides is 1. The van der Waals surface area contributed by atoms with E-state index < -0.39 is 5.82 Å². The fourth-order valence-electron chi connectivity index (χ4n) is 2.14. The van der Waals surface area contributed by atoms with Gasteiger partial charge in [-0.25, -0.2) is 9.37 Å². The average molecular weight is 251 g/mol. The Morgan fingerprint density at radius 2 is 2.28 bits per heavy atom. The Hall–Kier alpha value is -1.65. The van der Waals surface area contributed by atoms with Crippen LogP contribution in [0.1, 0.15) is 36.5 Å². The molecule has 0 bridgehead atoms. The topological polar surface area (TPSA) is 54.0 Å². The maximum atomic E-state index is 13.9. The van der Waals surface area contributed by atoms with E-state index in [0.29, 0.717) is 6.54 Å². The van der Waals surface area contributed by atoms with Crippen LogP contribution in [0.4, 0.5) is 10.2 Å². The highest BCUT2D eigenvalue weighted by molar-refractivity contribution is 5.95. The first kappa shape index (κ1) is 12.8. The highest BCUT2D eigenvalue weighted by atomic mass is 19.1. The van der Waals surface area contributed by atoms with Gasteiger partial charge in [-0.1, -0.05) is 13.3 Å². The number of halogens is 1. The zero-order chi connectivity index (χ0) is 13.2. The number of hydrogen-bond donors (Lipinski definition) is 2. The maximum Gasteiger partial charge on any atom is 0.254 e. The molecule has 1 heterocycles. The van der Waals surface area contributed by atoms with Crippen molar-refractivity contribution in [2.45, 2.75) is 26.2 Å². The molecule has 2 rings (SSSR count). The first-order valence-corrected chi connectivity index (χ1v) is 6.16. The monoisotopic (exact) mass is 251 g/mol. The Labute approximate surface area is 106 Å². The average Bonchev–Trinajstić information content (AvgIpc) is 2.34. The van der Waals surface area contributed by atoms with Crippen LogP contribution in [0.3, 0.4) is 0 Å². The Kier molecular flexibility index (Phi) is 3.50. The molecule has 0 aliphatic heterocycles. The summed E-state index contributed by atoms with van der Waals surface area (Å²) in [4.78, 5) is 15.7. The molecule has 1 amide bonds. The molecule has 0 spiro atoms. The first-order valence-electron chi connectivity index (χ1n) is 6.16. The van der Waals surface area contributed by atoms with Crippen LogP contribution < -0.4 is 10.6 Å². The van der Waals surface area contributed by atoms with Gasteiger partial charge in [-0.2, -0.15) is 0 Å². The summed E-state index contributed by atoms with van der Waals surface area (Å²) < 4.78 is 13.9. The SMILES string of the molecule is CNc1nccc(C(=O)NCC2(C)CCC2)c1F. The molecule has 18 heavy (non-hydrogen) atoms. The normalized spacial score (nSPS) is 16.8. The standard InChI is InChI=1S/C13H18FN3O/c1-13(5-3-6-13)8-17-12(18)9-4-7-16-11(15-2)10(9)14/h4,7H,3,5-6,8H2,1-2H3,(H,15,16)(H,17,18). The molecule has 1 saturated carbocycles. The van der Waals surface area contributed by atoms with Gasteiger partial charge in [0.15, 0.2) is 11.6 Å². The summed E-state index contributed by atoms with van der Waals surface area (Å²) in [5.41, 5.74) is 0.225. The van der Waals surface area contributed by atoms with E-state index >= 15 is 0 Å². The minimum Gasteiger partial charge on any atom is -0.371 e. The molecule has 4 nitrogen and oxygen atoms in total. The molecule has 0 radical (unpaired) electrons. The predicted molar refractivity (Wildman–Crippen MR) is 68.0 cm³/mol. The molecule has 1 aliphatic carbocycles. The third kappa shape index (κ3) is 2.44. The molecular weight excluding hydrogens is 233 g/mol. The lowest BCUT2D eigenvalue weighted by molar-refractivity contribution is 0.0887. The molecule has 1 fully saturated rings. The molecule has 0 atom stereocenters. The third-order valence-corrected chi connectivity index (χ3v) is 3.61. The van der Waals surface area contributed by atoms with E-state index in [2.05, 4.69) is 22.5 Å². The lowest BCUT2D eigenvalue weighted by atomic mass is 9.70. The van der Waals surface area contributed by atoms with Crippen LogP contribution in [0.5, 0.6) is 0 Å². The van der Waals surface area contributed by atoms with E-state index in [1.807, 2.05) is 0 Å². The van der Waals surface area contributed by atoms with Crippen molar-refractivity contribution in [1.29, 1.82) is 0 Å². The van der Waals surface area contributed by atoms with Gasteiger partial charge in [0.05, 0.1) is 5.56 Å². The van der Waals surface area contributed by atoms with Gasteiger partial charge in [-0.3, -0.25) is 4.79 Å². The van der Waals surface area contributed by atoms with Crippen LogP contribution in [0, 0.1) is 11.2 Å². The Bertz CT molecular complexity index is 458. The van der Waals surface area contributed by atoms with Crippen molar-refractivity contribution in [3.63, 3.8) is 0 Å². The predicted octanol–water partition coefficient (Wildman–Crippen LogP) is 2.18. The van der Waals surface area contributed by atoms with Crippen molar-refractivity contribution >= 4 is 11.7 Å². The second kappa shape index (κ2) is 4.92. The van der Waals surface area contributed by atoms with Gasteiger partial charge in [0, 0.05) is 19.8 Å². The van der Waals surface area contributed by atoms with E-state index in [9.17, 15) is 9.18 Å². The summed E-state index contributed by atoms with van der Waals surface area (Å²) in [6.45, 7) is 2.74. The molecule has 1 aliphatic rings. The van der Waals surface area contributed by atoms with Crippen LogP contribution in [0.2, 0.25) is 0 Å². The molecule has 1 aromatic rings. The Morgan fingerprint density at radius 3 is 2.83 bits per heavy atom. The minimum absolute atomic E-state index is 0.0391. The molecule has 0 saturated heterocycles. The molecule has 98 valence electrons. The number of rotatable bonds is 4. The summed E-state index contributed by atoms with van der Waals surface area (Å²) in [5.74, 6) is -0.881. The quantitative estimate of drug-likeness (QED) is 0.862. The van der Waals surface area contributed by atoms with Gasteiger partial charge < -0.3 is 10.6 Å². The van der Waals surface area contributed by atoms with Gasteiger partial charge in [0.25, 0.3) is 5.91 Å². The smallest absolute Gasteiger partial charge is 0.254 e. The van der Waals surface area contributed by atoms with E-state index in [-0.39, 0.29) is 22.7 Å². The van der Waals surface area contributed by atoms with E-state index in [1.54, 1.807) is 7.05 Å². The van der Waals surface area contributed by atoms with Crippen molar-refractivity contribution in [3.8, 4) is 0 Å². The molecule has 2 N–H and O–H groups in total. The number of carbonyl (C=O) groups excluding carboxylic acids is 1.